The van der Waals surface area contributed by atoms with Crippen molar-refractivity contribution in [2.45, 2.75) is 25.4 Å². The number of benzene rings is 2. The summed E-state index contributed by atoms with van der Waals surface area (Å²) in [5.41, 5.74) is 4.00. The SMILES string of the molecule is O=C(Cn1ncn2nc(-c3ccc(Br)cc3)cc2c1=O)N[C@@H]1CCc2ccccc21. The van der Waals surface area contributed by atoms with Gasteiger partial charge in [-0.3, -0.25) is 9.59 Å². The predicted molar refractivity (Wildman–Crippen MR) is 116 cm³/mol. The Morgan fingerprint density at radius 3 is 2.80 bits per heavy atom. The second-order valence-electron chi connectivity index (χ2n) is 7.32. The van der Waals surface area contributed by atoms with Gasteiger partial charge in [0.25, 0.3) is 5.56 Å². The summed E-state index contributed by atoms with van der Waals surface area (Å²) in [6, 6.07) is 17.5. The molecule has 2 aromatic heterocycles. The molecule has 2 heterocycles. The second-order valence-corrected chi connectivity index (χ2v) is 8.23. The molecule has 0 aliphatic heterocycles. The van der Waals surface area contributed by atoms with Crippen LogP contribution in [0, 0.1) is 0 Å². The van der Waals surface area contributed by atoms with E-state index in [9.17, 15) is 9.59 Å². The van der Waals surface area contributed by atoms with E-state index < -0.39 is 0 Å². The van der Waals surface area contributed by atoms with Crippen LogP contribution < -0.4 is 10.9 Å². The van der Waals surface area contributed by atoms with E-state index in [0.29, 0.717) is 11.2 Å². The van der Waals surface area contributed by atoms with E-state index in [-0.39, 0.29) is 24.1 Å². The molecule has 0 saturated heterocycles. The van der Waals surface area contributed by atoms with Crippen LogP contribution in [-0.2, 0) is 17.8 Å². The van der Waals surface area contributed by atoms with Gasteiger partial charge in [0.15, 0.2) is 0 Å². The zero-order valence-corrected chi connectivity index (χ0v) is 17.5. The fraction of sp³-hybridized carbons (Fsp3) is 0.182. The first kappa shape index (κ1) is 18.7. The van der Waals surface area contributed by atoms with Crippen molar-refractivity contribution < 1.29 is 4.79 Å². The lowest BCUT2D eigenvalue weighted by Crippen LogP contribution is -2.35. The van der Waals surface area contributed by atoms with Crippen LogP contribution in [0.4, 0.5) is 0 Å². The molecule has 1 aliphatic rings. The molecular weight excluding hydrogens is 446 g/mol. The highest BCUT2D eigenvalue weighted by molar-refractivity contribution is 9.10. The van der Waals surface area contributed by atoms with Gasteiger partial charge in [-0.2, -0.15) is 10.2 Å². The van der Waals surface area contributed by atoms with E-state index in [1.165, 1.54) is 21.1 Å². The number of halogens is 1. The molecule has 1 amide bonds. The van der Waals surface area contributed by atoms with Gasteiger partial charge in [-0.25, -0.2) is 9.20 Å². The molecule has 8 heteroatoms. The molecule has 4 aromatic rings. The van der Waals surface area contributed by atoms with Gasteiger partial charge in [-0.05, 0) is 42.2 Å². The topological polar surface area (TPSA) is 81.3 Å². The Morgan fingerprint density at radius 2 is 1.97 bits per heavy atom. The van der Waals surface area contributed by atoms with Crippen molar-refractivity contribution in [3.63, 3.8) is 0 Å². The van der Waals surface area contributed by atoms with E-state index in [0.717, 1.165) is 28.4 Å². The molecule has 150 valence electrons. The van der Waals surface area contributed by atoms with Crippen molar-refractivity contribution in [3.05, 3.63) is 86.9 Å². The van der Waals surface area contributed by atoms with E-state index in [1.807, 2.05) is 42.5 Å². The minimum Gasteiger partial charge on any atom is -0.348 e. The third-order valence-electron chi connectivity index (χ3n) is 5.39. The Labute approximate surface area is 180 Å². The molecule has 1 N–H and O–H groups in total. The summed E-state index contributed by atoms with van der Waals surface area (Å²) in [4.78, 5) is 25.4. The zero-order valence-electron chi connectivity index (χ0n) is 16.0. The van der Waals surface area contributed by atoms with Gasteiger partial charge in [0, 0.05) is 10.0 Å². The summed E-state index contributed by atoms with van der Waals surface area (Å²) in [6.07, 6.45) is 3.27. The van der Waals surface area contributed by atoms with E-state index in [1.54, 1.807) is 6.07 Å². The summed E-state index contributed by atoms with van der Waals surface area (Å²) in [6.45, 7) is -0.132. The Kier molecular flexibility index (Phi) is 4.71. The summed E-state index contributed by atoms with van der Waals surface area (Å²) < 4.78 is 3.59. The third kappa shape index (κ3) is 3.43. The molecule has 2 aromatic carbocycles. The number of hydrogen-bond donors (Lipinski definition) is 1. The van der Waals surface area contributed by atoms with Crippen molar-refractivity contribution >= 4 is 27.4 Å². The number of fused-ring (bicyclic) bond motifs is 2. The van der Waals surface area contributed by atoms with Crippen molar-refractivity contribution in [1.29, 1.82) is 0 Å². The van der Waals surface area contributed by atoms with E-state index >= 15 is 0 Å². The lowest BCUT2D eigenvalue weighted by atomic mass is 10.1. The minimum atomic E-state index is -0.352. The monoisotopic (exact) mass is 463 g/mol. The summed E-state index contributed by atoms with van der Waals surface area (Å²) in [7, 11) is 0. The Morgan fingerprint density at radius 1 is 1.17 bits per heavy atom. The van der Waals surface area contributed by atoms with Gasteiger partial charge in [-0.1, -0.05) is 52.3 Å². The molecule has 0 unspecified atom stereocenters. The lowest BCUT2D eigenvalue weighted by Gasteiger charge is -2.14. The first-order valence-electron chi connectivity index (χ1n) is 9.67. The third-order valence-corrected chi connectivity index (χ3v) is 5.92. The van der Waals surface area contributed by atoms with Gasteiger partial charge >= 0.3 is 0 Å². The maximum atomic E-state index is 12.9. The lowest BCUT2D eigenvalue weighted by molar-refractivity contribution is -0.122. The van der Waals surface area contributed by atoms with Crippen molar-refractivity contribution in [1.82, 2.24) is 24.7 Å². The number of nitrogens with zero attached hydrogens (tertiary/aromatic N) is 4. The fourth-order valence-electron chi connectivity index (χ4n) is 3.90. The quantitative estimate of drug-likeness (QED) is 0.503. The van der Waals surface area contributed by atoms with Crippen molar-refractivity contribution in [2.24, 2.45) is 0 Å². The Bertz CT molecular complexity index is 1310. The van der Waals surface area contributed by atoms with Crippen LogP contribution in [-0.4, -0.2) is 25.3 Å². The van der Waals surface area contributed by atoms with Gasteiger partial charge in [-0.15, -0.1) is 0 Å². The van der Waals surface area contributed by atoms with Crippen LogP contribution in [0.1, 0.15) is 23.6 Å². The highest BCUT2D eigenvalue weighted by Gasteiger charge is 2.23. The highest BCUT2D eigenvalue weighted by Crippen LogP contribution is 2.30. The number of aromatic nitrogens is 4. The molecule has 0 fully saturated rings. The summed E-state index contributed by atoms with van der Waals surface area (Å²) >= 11 is 3.41. The van der Waals surface area contributed by atoms with Crippen LogP contribution in [0.2, 0.25) is 0 Å². The maximum absolute atomic E-state index is 12.9. The van der Waals surface area contributed by atoms with Gasteiger partial charge in [0.1, 0.15) is 18.4 Å². The van der Waals surface area contributed by atoms with Crippen LogP contribution in [0.3, 0.4) is 0 Å². The molecule has 1 aliphatic carbocycles. The maximum Gasteiger partial charge on any atom is 0.293 e. The van der Waals surface area contributed by atoms with Crippen LogP contribution in [0.25, 0.3) is 16.8 Å². The molecule has 30 heavy (non-hydrogen) atoms. The van der Waals surface area contributed by atoms with Gasteiger partial charge < -0.3 is 5.32 Å². The minimum absolute atomic E-state index is 0.0212. The predicted octanol–water partition coefficient (Wildman–Crippen LogP) is 3.12. The average molecular weight is 464 g/mol. The number of nitrogens with one attached hydrogen (secondary N) is 1. The largest absolute Gasteiger partial charge is 0.348 e. The number of carbonyl (C=O) groups is 1. The fourth-order valence-corrected chi connectivity index (χ4v) is 4.16. The van der Waals surface area contributed by atoms with Crippen LogP contribution in [0.15, 0.2) is 70.2 Å². The molecule has 0 saturated carbocycles. The highest BCUT2D eigenvalue weighted by atomic mass is 79.9. The van der Waals surface area contributed by atoms with Crippen molar-refractivity contribution in [3.8, 4) is 11.3 Å². The number of carbonyl (C=O) groups excluding carboxylic acids is 1. The number of amides is 1. The number of aryl methyl sites for hydroxylation is 1. The number of hydrogen-bond acceptors (Lipinski definition) is 4. The van der Waals surface area contributed by atoms with Crippen LogP contribution >= 0.6 is 15.9 Å². The average Bonchev–Trinajstić information content (AvgIpc) is 3.36. The number of rotatable bonds is 4. The molecule has 0 radical (unpaired) electrons. The van der Waals surface area contributed by atoms with Gasteiger partial charge in [0.2, 0.25) is 5.91 Å². The van der Waals surface area contributed by atoms with Crippen molar-refractivity contribution in [2.75, 3.05) is 0 Å². The Balaban J connectivity index is 1.37. The first-order valence-corrected chi connectivity index (χ1v) is 10.5. The van der Waals surface area contributed by atoms with E-state index in [2.05, 4.69) is 37.5 Å². The normalized spacial score (nSPS) is 15.3. The zero-order chi connectivity index (χ0) is 20.7. The van der Waals surface area contributed by atoms with Crippen LogP contribution in [0.5, 0.6) is 0 Å². The molecule has 0 bridgehead atoms. The molecule has 0 spiro atoms. The molecule has 5 rings (SSSR count). The van der Waals surface area contributed by atoms with E-state index in [4.69, 9.17) is 0 Å². The molecular formula is C22H18BrN5O2. The molecule has 7 nitrogen and oxygen atoms in total. The smallest absolute Gasteiger partial charge is 0.293 e. The van der Waals surface area contributed by atoms with Gasteiger partial charge in [0.05, 0.1) is 11.7 Å². The second kappa shape index (κ2) is 7.53. The summed E-state index contributed by atoms with van der Waals surface area (Å²) in [5.74, 6) is -0.233. The Hall–Kier alpha value is -3.26. The molecule has 1 atom stereocenters. The standard InChI is InChI=1S/C22H18BrN5O2/c23-16-8-5-15(6-9-16)19-11-20-22(30)27(24-13-28(20)26-19)12-21(29)25-18-10-7-14-3-1-2-4-17(14)18/h1-6,8-9,11,13,18H,7,10,12H2,(H,25,29)/t18-/m1/s1. The summed E-state index contributed by atoms with van der Waals surface area (Å²) in [5, 5.41) is 11.6. The first-order chi connectivity index (χ1) is 14.6.